The van der Waals surface area contributed by atoms with Crippen LogP contribution in [0.15, 0.2) is 72.3 Å². The molecule has 0 amide bonds. The van der Waals surface area contributed by atoms with Gasteiger partial charge in [0.1, 0.15) is 0 Å². The van der Waals surface area contributed by atoms with E-state index in [4.69, 9.17) is 0 Å². The summed E-state index contributed by atoms with van der Waals surface area (Å²) in [5, 5.41) is 0. The van der Waals surface area contributed by atoms with E-state index in [0.29, 0.717) is 0 Å². The summed E-state index contributed by atoms with van der Waals surface area (Å²) in [7, 11) is 0. The molecule has 0 saturated carbocycles. The third kappa shape index (κ3) is 51.7. The maximum atomic E-state index is 9.68. The Morgan fingerprint density at radius 1 is 0.410 bits per heavy atom. The van der Waals surface area contributed by atoms with Gasteiger partial charge in [0.25, 0.3) is 0 Å². The summed E-state index contributed by atoms with van der Waals surface area (Å²) in [6.07, 6.45) is 73.9. The van der Waals surface area contributed by atoms with Gasteiger partial charge in [-0.25, -0.2) is 0 Å². The SMILES string of the molecule is CCCCCCCCCCCC=CCCc1ccccc1C(=CC(=C=[N+]=[N-])CCCCCCCCCCCCCCCCCCCCCCCC)c1ccc(CCCC)cc1.[CH2-]CCCCCCC.[CH2-]CCCCCCC.[Ni+2]. The summed E-state index contributed by atoms with van der Waals surface area (Å²) >= 11 is 0. The normalized spacial score (nSPS) is 11.1. The maximum Gasteiger partial charge on any atom is 2.00 e. The summed E-state index contributed by atoms with van der Waals surface area (Å²) in [5.74, 6) is 2.98. The molecule has 0 atom stereocenters. The summed E-state index contributed by atoms with van der Waals surface area (Å²) in [4.78, 5) is 3.43. The van der Waals surface area contributed by atoms with Crippen molar-refractivity contribution in [3.05, 3.63) is 114 Å². The number of unbranched alkanes of at least 4 members (excludes halogenated alkanes) is 41. The summed E-state index contributed by atoms with van der Waals surface area (Å²) in [6.45, 7) is 18.9. The number of hydrogen-bond acceptors (Lipinski definition) is 0. The van der Waals surface area contributed by atoms with Crippen LogP contribution in [0.1, 0.15) is 365 Å². The van der Waals surface area contributed by atoms with E-state index >= 15 is 0 Å². The van der Waals surface area contributed by atoms with E-state index < -0.39 is 0 Å². The van der Waals surface area contributed by atoms with Crippen LogP contribution in [-0.2, 0) is 29.3 Å². The van der Waals surface area contributed by atoms with E-state index in [1.54, 1.807) is 0 Å². The molecule has 0 bridgehead atoms. The zero-order valence-corrected chi connectivity index (χ0v) is 53.8. The van der Waals surface area contributed by atoms with Crippen molar-refractivity contribution in [2.75, 3.05) is 0 Å². The molecule has 2 rings (SSSR count). The number of rotatable bonds is 52. The van der Waals surface area contributed by atoms with Crippen LogP contribution in [0, 0.1) is 13.8 Å². The molecule has 0 saturated heterocycles. The molecule has 0 N–H and O–H groups in total. The molecule has 0 heterocycles. The van der Waals surface area contributed by atoms with E-state index in [0.717, 1.165) is 50.5 Å². The predicted molar refractivity (Wildman–Crippen MR) is 349 cm³/mol. The van der Waals surface area contributed by atoms with Gasteiger partial charge in [0.15, 0.2) is 0 Å². The minimum absolute atomic E-state index is 0. The predicted octanol–water partition coefficient (Wildman–Crippen LogP) is 26.0. The quantitative estimate of drug-likeness (QED) is 0.00925. The van der Waals surface area contributed by atoms with E-state index in [1.165, 1.54) is 304 Å². The molecule has 0 unspecified atom stereocenters. The van der Waals surface area contributed by atoms with Crippen molar-refractivity contribution in [2.45, 2.75) is 356 Å². The molecule has 2 aromatic rings. The van der Waals surface area contributed by atoms with Crippen LogP contribution >= 0.6 is 0 Å². The molecule has 0 radical (unpaired) electrons. The average molecular weight is 1120 g/mol. The first kappa shape index (κ1) is 77.6. The molecular formula is C75H130N2Ni. The van der Waals surface area contributed by atoms with Gasteiger partial charge in [0.05, 0.1) is 5.57 Å². The smallest absolute Gasteiger partial charge is 0.348 e. The van der Waals surface area contributed by atoms with E-state index in [2.05, 4.69) is 126 Å². The van der Waals surface area contributed by atoms with Gasteiger partial charge in [-0.1, -0.05) is 352 Å². The van der Waals surface area contributed by atoms with Crippen LogP contribution in [0.2, 0.25) is 0 Å². The van der Waals surface area contributed by atoms with Gasteiger partial charge < -0.3 is 19.4 Å². The monoisotopic (exact) mass is 1120 g/mol. The van der Waals surface area contributed by atoms with Crippen LogP contribution in [-0.4, -0.2) is 10.7 Å². The third-order valence-electron chi connectivity index (χ3n) is 15.6. The van der Waals surface area contributed by atoms with Gasteiger partial charge in [-0.05, 0) is 85.3 Å². The number of hydrogen-bond donors (Lipinski definition) is 0. The van der Waals surface area contributed by atoms with E-state index in [9.17, 15) is 5.53 Å². The first-order chi connectivity index (χ1) is 38.1. The topological polar surface area (TPSA) is 36.4 Å². The largest absolute Gasteiger partial charge is 2.00 e. The zero-order chi connectivity index (χ0) is 56.0. The molecule has 450 valence electrons. The van der Waals surface area contributed by atoms with Gasteiger partial charge >= 0.3 is 22.4 Å². The van der Waals surface area contributed by atoms with E-state index in [1.807, 2.05) is 0 Å². The Hall–Kier alpha value is -2.43. The molecule has 0 aliphatic heterocycles. The molecule has 78 heavy (non-hydrogen) atoms. The fourth-order valence-electron chi connectivity index (χ4n) is 10.5. The molecule has 0 aromatic heterocycles. The number of nitrogens with zero attached hydrogens (tertiary/aromatic N) is 2. The van der Waals surface area contributed by atoms with Crippen LogP contribution < -0.4 is 0 Å². The molecule has 2 nitrogen and oxygen atoms in total. The van der Waals surface area contributed by atoms with Crippen LogP contribution in [0.3, 0.4) is 0 Å². The maximum absolute atomic E-state index is 9.68. The standard InChI is InChI=1S/C59H96N2.2C8H17.Ni/c1-4-7-10-12-14-16-18-20-21-22-23-24-25-26-27-28-30-31-33-35-37-39-44-55(53-61-60)52-59(57-50-48-54(49-51-57)43-9-6-3)58-47-42-41-46-56(58)45-40-38-36-34-32-29-19-17-15-13-11-8-5-2;2*1-3-5-7-8-6-4-2;/h36,38,41-42,46-52H,4-35,37,39-40,43-45H2,1-3H3;2*1,3-8H2,2H3;/q;2*-1;+2. The molecule has 2 aromatic carbocycles. The van der Waals surface area contributed by atoms with Crippen molar-refractivity contribution in [3.63, 3.8) is 0 Å². The number of allylic oxidation sites excluding steroid dienone is 4. The fraction of sp³-hybridized carbons (Fsp3) is 0.733. The summed E-state index contributed by atoms with van der Waals surface area (Å²) < 4.78 is 0. The number of aryl methyl sites for hydroxylation is 2. The van der Waals surface area contributed by atoms with Crippen molar-refractivity contribution in [1.82, 2.24) is 0 Å². The molecule has 0 spiro atoms. The van der Waals surface area contributed by atoms with Crippen LogP contribution in [0.4, 0.5) is 0 Å². The molecular weight excluding hydrogens is 988 g/mol. The Labute approximate surface area is 499 Å². The van der Waals surface area contributed by atoms with Crippen molar-refractivity contribution < 1.29 is 21.3 Å². The van der Waals surface area contributed by atoms with Crippen molar-refractivity contribution in [3.8, 4) is 0 Å². The fourth-order valence-corrected chi connectivity index (χ4v) is 10.5. The summed E-state index contributed by atoms with van der Waals surface area (Å²) in [6, 6.07) is 18.1. The molecule has 0 aliphatic carbocycles. The Balaban J connectivity index is 0. The number of benzene rings is 2. The van der Waals surface area contributed by atoms with Gasteiger partial charge in [0, 0.05) is 0 Å². The second-order valence-electron chi connectivity index (χ2n) is 23.1. The average Bonchev–Trinajstić information content (AvgIpc) is 3.46. The van der Waals surface area contributed by atoms with Gasteiger partial charge in [-0.2, -0.15) is 12.8 Å². The molecule has 0 aliphatic rings. The summed E-state index contributed by atoms with van der Waals surface area (Å²) in [5.41, 5.74) is 17.2. The Kier molecular flexibility index (Phi) is 65.1. The first-order valence-corrected chi connectivity index (χ1v) is 34.1. The van der Waals surface area contributed by atoms with Crippen molar-refractivity contribution in [2.24, 2.45) is 0 Å². The van der Waals surface area contributed by atoms with E-state index in [-0.39, 0.29) is 16.5 Å². The van der Waals surface area contributed by atoms with Gasteiger partial charge in [-0.3, -0.25) is 0 Å². The minimum Gasteiger partial charge on any atom is -0.348 e. The molecule has 3 heteroatoms. The van der Waals surface area contributed by atoms with Gasteiger partial charge in [-0.15, -0.1) is 4.79 Å². The third-order valence-corrected chi connectivity index (χ3v) is 15.6. The van der Waals surface area contributed by atoms with Crippen molar-refractivity contribution in [1.29, 1.82) is 0 Å². The second-order valence-corrected chi connectivity index (χ2v) is 23.1. The first-order valence-electron chi connectivity index (χ1n) is 34.1. The molecule has 0 fully saturated rings. The Morgan fingerprint density at radius 3 is 1.17 bits per heavy atom. The second kappa shape index (κ2) is 65.4. The Bertz CT molecular complexity index is 1620. The van der Waals surface area contributed by atoms with Crippen LogP contribution in [0.25, 0.3) is 11.1 Å². The minimum atomic E-state index is 0. The van der Waals surface area contributed by atoms with Crippen molar-refractivity contribution >= 4 is 11.4 Å². The van der Waals surface area contributed by atoms with Crippen LogP contribution in [0.5, 0.6) is 0 Å². The Morgan fingerprint density at radius 2 is 0.769 bits per heavy atom. The van der Waals surface area contributed by atoms with Gasteiger partial charge in [0.2, 0.25) is 0 Å². The zero-order valence-electron chi connectivity index (χ0n) is 52.8.